The van der Waals surface area contributed by atoms with E-state index in [0.717, 1.165) is 40.6 Å². The molecule has 1 aromatic heterocycles. The lowest BCUT2D eigenvalue weighted by molar-refractivity contribution is -0.128. The first-order valence-corrected chi connectivity index (χ1v) is 11.4. The lowest BCUT2D eigenvalue weighted by atomic mass is 10.0. The molecule has 1 fully saturated rings. The van der Waals surface area contributed by atoms with Crippen molar-refractivity contribution in [2.45, 2.75) is 26.7 Å². The molecule has 2 aromatic carbocycles. The van der Waals surface area contributed by atoms with Crippen LogP contribution in [0.15, 0.2) is 36.4 Å². The first-order chi connectivity index (χ1) is 16.0. The third kappa shape index (κ3) is 4.40. The molecule has 0 bridgehead atoms. The maximum atomic E-state index is 13.3. The van der Waals surface area contributed by atoms with E-state index in [1.807, 2.05) is 46.2 Å². The Bertz CT molecular complexity index is 1180. The standard InChI is InChI=1S/C26H31N3O4/c1-5-20-21-15-19(26(31)29-12-6-11-28(13-14-29)17(2)30)7-9-22(21)27-25(20)18-8-10-23(32-3)24(16-18)33-4/h7-10,15-16,27H,5-6,11-14H2,1-4H3. The third-order valence-electron chi connectivity index (χ3n) is 6.41. The zero-order valence-electron chi connectivity index (χ0n) is 19.7. The molecule has 0 atom stereocenters. The second-order valence-corrected chi connectivity index (χ2v) is 8.31. The van der Waals surface area contributed by atoms with E-state index in [1.165, 1.54) is 0 Å². The maximum Gasteiger partial charge on any atom is 0.253 e. The second-order valence-electron chi connectivity index (χ2n) is 8.31. The minimum absolute atomic E-state index is 0.0122. The van der Waals surface area contributed by atoms with Gasteiger partial charge in [0.15, 0.2) is 11.5 Å². The van der Waals surface area contributed by atoms with E-state index >= 15 is 0 Å². The van der Waals surface area contributed by atoms with Crippen LogP contribution in [0.3, 0.4) is 0 Å². The Morgan fingerprint density at radius 3 is 2.36 bits per heavy atom. The lowest BCUT2D eigenvalue weighted by Gasteiger charge is -2.21. The number of aryl methyl sites for hydroxylation is 1. The molecule has 4 rings (SSSR count). The average Bonchev–Trinajstić information content (AvgIpc) is 3.01. The largest absolute Gasteiger partial charge is 0.493 e. The van der Waals surface area contributed by atoms with Gasteiger partial charge >= 0.3 is 0 Å². The summed E-state index contributed by atoms with van der Waals surface area (Å²) in [4.78, 5) is 32.2. The van der Waals surface area contributed by atoms with Crippen molar-refractivity contribution in [1.82, 2.24) is 14.8 Å². The number of aromatic amines is 1. The fourth-order valence-corrected chi connectivity index (χ4v) is 4.60. The van der Waals surface area contributed by atoms with Gasteiger partial charge in [0.1, 0.15) is 0 Å². The number of H-pyrrole nitrogens is 1. The molecule has 0 unspecified atom stereocenters. The molecule has 0 radical (unpaired) electrons. The second kappa shape index (κ2) is 9.57. The minimum Gasteiger partial charge on any atom is -0.493 e. The molecule has 1 aliphatic heterocycles. The Morgan fingerprint density at radius 2 is 1.67 bits per heavy atom. The molecule has 33 heavy (non-hydrogen) atoms. The Hall–Kier alpha value is -3.48. The molecule has 0 aliphatic carbocycles. The summed E-state index contributed by atoms with van der Waals surface area (Å²) >= 11 is 0. The Labute approximate surface area is 194 Å². The average molecular weight is 450 g/mol. The van der Waals surface area contributed by atoms with Crippen LogP contribution in [-0.2, 0) is 11.2 Å². The lowest BCUT2D eigenvalue weighted by Crippen LogP contribution is -2.36. The quantitative estimate of drug-likeness (QED) is 0.636. The van der Waals surface area contributed by atoms with Crippen molar-refractivity contribution < 1.29 is 19.1 Å². The predicted molar refractivity (Wildman–Crippen MR) is 129 cm³/mol. The van der Waals surface area contributed by atoms with E-state index in [2.05, 4.69) is 11.9 Å². The molecular formula is C26H31N3O4. The zero-order valence-corrected chi connectivity index (χ0v) is 19.7. The molecule has 0 saturated carbocycles. The van der Waals surface area contributed by atoms with Gasteiger partial charge in [-0.05, 0) is 54.8 Å². The number of amides is 2. The van der Waals surface area contributed by atoms with Crippen molar-refractivity contribution >= 4 is 22.7 Å². The molecule has 1 aliphatic rings. The third-order valence-corrected chi connectivity index (χ3v) is 6.41. The van der Waals surface area contributed by atoms with Crippen LogP contribution in [-0.4, -0.2) is 67.0 Å². The summed E-state index contributed by atoms with van der Waals surface area (Å²) < 4.78 is 10.9. The van der Waals surface area contributed by atoms with Crippen molar-refractivity contribution in [1.29, 1.82) is 0 Å². The summed E-state index contributed by atoms with van der Waals surface area (Å²) in [5.74, 6) is 1.43. The van der Waals surface area contributed by atoms with Gasteiger partial charge in [0.05, 0.1) is 14.2 Å². The van der Waals surface area contributed by atoms with Crippen LogP contribution < -0.4 is 9.47 Å². The van der Waals surface area contributed by atoms with Crippen LogP contribution in [0.4, 0.5) is 0 Å². The highest BCUT2D eigenvalue weighted by atomic mass is 16.5. The van der Waals surface area contributed by atoms with Gasteiger partial charge < -0.3 is 24.3 Å². The number of carbonyl (C=O) groups is 2. The topological polar surface area (TPSA) is 74.9 Å². The summed E-state index contributed by atoms with van der Waals surface area (Å²) in [6.45, 7) is 6.19. The van der Waals surface area contributed by atoms with Crippen LogP contribution >= 0.6 is 0 Å². The molecule has 7 heteroatoms. The van der Waals surface area contributed by atoms with Crippen LogP contribution in [0, 0.1) is 0 Å². The number of nitrogens with one attached hydrogen (secondary N) is 1. The summed E-state index contributed by atoms with van der Waals surface area (Å²) in [7, 11) is 3.25. The van der Waals surface area contributed by atoms with Gasteiger partial charge in [0.2, 0.25) is 5.91 Å². The van der Waals surface area contributed by atoms with Crippen molar-refractivity contribution in [2.75, 3.05) is 40.4 Å². The van der Waals surface area contributed by atoms with Crippen LogP contribution in [0.25, 0.3) is 22.2 Å². The van der Waals surface area contributed by atoms with Gasteiger partial charge in [0, 0.05) is 60.8 Å². The number of nitrogens with zero attached hydrogens (tertiary/aromatic N) is 2. The normalized spacial score (nSPS) is 14.3. The smallest absolute Gasteiger partial charge is 0.253 e. The summed E-state index contributed by atoms with van der Waals surface area (Å²) in [6.07, 6.45) is 1.61. The SMILES string of the molecule is CCc1c(-c2ccc(OC)c(OC)c2)[nH]c2ccc(C(=O)N3CCCN(C(C)=O)CC3)cc12. The van der Waals surface area contributed by atoms with Crippen molar-refractivity contribution in [3.63, 3.8) is 0 Å². The number of benzene rings is 2. The summed E-state index contributed by atoms with van der Waals surface area (Å²) in [5, 5.41) is 1.05. The van der Waals surface area contributed by atoms with Gasteiger partial charge in [0.25, 0.3) is 5.91 Å². The highest BCUT2D eigenvalue weighted by Crippen LogP contribution is 2.36. The molecule has 2 amide bonds. The van der Waals surface area contributed by atoms with Gasteiger partial charge in [-0.25, -0.2) is 0 Å². The van der Waals surface area contributed by atoms with E-state index < -0.39 is 0 Å². The first-order valence-electron chi connectivity index (χ1n) is 11.4. The Kier molecular flexibility index (Phi) is 6.58. The van der Waals surface area contributed by atoms with Crippen LogP contribution in [0.1, 0.15) is 36.2 Å². The van der Waals surface area contributed by atoms with Crippen molar-refractivity contribution in [3.8, 4) is 22.8 Å². The molecule has 1 N–H and O–H groups in total. The highest BCUT2D eigenvalue weighted by Gasteiger charge is 2.22. The van der Waals surface area contributed by atoms with E-state index in [4.69, 9.17) is 9.47 Å². The highest BCUT2D eigenvalue weighted by molar-refractivity contribution is 6.00. The number of aromatic nitrogens is 1. The van der Waals surface area contributed by atoms with Gasteiger partial charge in [-0.1, -0.05) is 6.92 Å². The number of hydrogen-bond donors (Lipinski definition) is 1. The van der Waals surface area contributed by atoms with Crippen molar-refractivity contribution in [2.24, 2.45) is 0 Å². The number of fused-ring (bicyclic) bond motifs is 1. The Morgan fingerprint density at radius 1 is 0.939 bits per heavy atom. The van der Waals surface area contributed by atoms with Gasteiger partial charge in [-0.2, -0.15) is 0 Å². The number of methoxy groups -OCH3 is 2. The van der Waals surface area contributed by atoms with E-state index in [9.17, 15) is 9.59 Å². The molecule has 1 saturated heterocycles. The molecule has 7 nitrogen and oxygen atoms in total. The zero-order chi connectivity index (χ0) is 23.5. The van der Waals surface area contributed by atoms with Crippen LogP contribution in [0.5, 0.6) is 11.5 Å². The maximum absolute atomic E-state index is 13.3. The first kappa shape index (κ1) is 22.7. The monoisotopic (exact) mass is 449 g/mol. The predicted octanol–water partition coefficient (Wildman–Crippen LogP) is 4.11. The molecule has 174 valence electrons. The fraction of sp³-hybridized carbons (Fsp3) is 0.385. The van der Waals surface area contributed by atoms with E-state index in [1.54, 1.807) is 21.1 Å². The van der Waals surface area contributed by atoms with E-state index in [0.29, 0.717) is 43.2 Å². The number of hydrogen-bond acceptors (Lipinski definition) is 4. The minimum atomic E-state index is 0.0122. The summed E-state index contributed by atoms with van der Waals surface area (Å²) in [5.41, 5.74) is 4.85. The van der Waals surface area contributed by atoms with Crippen LogP contribution in [0.2, 0.25) is 0 Å². The Balaban J connectivity index is 1.67. The molecule has 3 aromatic rings. The molecular weight excluding hydrogens is 418 g/mol. The number of carbonyl (C=O) groups excluding carboxylic acids is 2. The fourth-order valence-electron chi connectivity index (χ4n) is 4.60. The number of rotatable bonds is 5. The summed E-state index contributed by atoms with van der Waals surface area (Å²) in [6, 6.07) is 11.7. The van der Waals surface area contributed by atoms with Gasteiger partial charge in [-0.3, -0.25) is 9.59 Å². The molecule has 2 heterocycles. The van der Waals surface area contributed by atoms with E-state index in [-0.39, 0.29) is 11.8 Å². The van der Waals surface area contributed by atoms with Gasteiger partial charge in [-0.15, -0.1) is 0 Å². The van der Waals surface area contributed by atoms with Crippen molar-refractivity contribution in [3.05, 3.63) is 47.5 Å². The number of ether oxygens (including phenoxy) is 2. The molecule has 0 spiro atoms.